The molecular weight excluding hydrogens is 356 g/mol. The SMILES string of the molecule is Cc1ccc(-c2noc(-c3cc(Cl)ccc3O)n2)c(Br)c1. The number of aromatic nitrogens is 2. The molecular formula is C15H10BrClN2O2. The summed E-state index contributed by atoms with van der Waals surface area (Å²) in [6.45, 7) is 2.00. The van der Waals surface area contributed by atoms with Crippen molar-refractivity contribution in [3.63, 3.8) is 0 Å². The van der Waals surface area contributed by atoms with E-state index in [-0.39, 0.29) is 11.6 Å². The fourth-order valence-corrected chi connectivity index (χ4v) is 2.77. The molecule has 6 heteroatoms. The molecule has 3 rings (SSSR count). The van der Waals surface area contributed by atoms with Crippen molar-refractivity contribution in [2.24, 2.45) is 0 Å². The molecule has 1 N–H and O–H groups in total. The van der Waals surface area contributed by atoms with Crippen molar-refractivity contribution in [3.8, 4) is 28.6 Å². The Kier molecular flexibility index (Phi) is 3.69. The first-order chi connectivity index (χ1) is 10.0. The van der Waals surface area contributed by atoms with Gasteiger partial charge in [-0.05, 0) is 42.8 Å². The average Bonchev–Trinajstić information content (AvgIpc) is 2.91. The number of nitrogens with zero attached hydrogens (tertiary/aromatic N) is 2. The highest BCUT2D eigenvalue weighted by molar-refractivity contribution is 9.10. The molecule has 0 aliphatic heterocycles. The van der Waals surface area contributed by atoms with Crippen molar-refractivity contribution in [3.05, 3.63) is 51.5 Å². The third-order valence-electron chi connectivity index (χ3n) is 2.98. The summed E-state index contributed by atoms with van der Waals surface area (Å²) < 4.78 is 6.11. The lowest BCUT2D eigenvalue weighted by atomic mass is 10.1. The zero-order valence-corrected chi connectivity index (χ0v) is 13.3. The lowest BCUT2D eigenvalue weighted by molar-refractivity contribution is 0.425. The number of phenolic OH excluding ortho intramolecular Hbond substituents is 1. The average molecular weight is 366 g/mol. The van der Waals surface area contributed by atoms with Crippen LogP contribution >= 0.6 is 27.5 Å². The van der Waals surface area contributed by atoms with Gasteiger partial charge in [0.1, 0.15) is 5.75 Å². The summed E-state index contributed by atoms with van der Waals surface area (Å²) in [6.07, 6.45) is 0. The van der Waals surface area contributed by atoms with E-state index in [1.807, 2.05) is 25.1 Å². The van der Waals surface area contributed by atoms with Crippen LogP contribution < -0.4 is 0 Å². The number of hydrogen-bond acceptors (Lipinski definition) is 4. The van der Waals surface area contributed by atoms with Gasteiger partial charge in [0, 0.05) is 15.1 Å². The fourth-order valence-electron chi connectivity index (χ4n) is 1.92. The first-order valence-corrected chi connectivity index (χ1v) is 7.31. The van der Waals surface area contributed by atoms with Crippen molar-refractivity contribution in [2.75, 3.05) is 0 Å². The summed E-state index contributed by atoms with van der Waals surface area (Å²) in [5.41, 5.74) is 2.35. The Labute approximate surface area is 134 Å². The molecule has 1 aromatic heterocycles. The van der Waals surface area contributed by atoms with Gasteiger partial charge in [-0.1, -0.05) is 38.8 Å². The number of hydrogen-bond donors (Lipinski definition) is 1. The highest BCUT2D eigenvalue weighted by Gasteiger charge is 2.16. The summed E-state index contributed by atoms with van der Waals surface area (Å²) in [4.78, 5) is 4.32. The molecule has 106 valence electrons. The van der Waals surface area contributed by atoms with E-state index in [0.717, 1.165) is 15.6 Å². The summed E-state index contributed by atoms with van der Waals surface area (Å²) in [5, 5.41) is 14.3. The monoisotopic (exact) mass is 364 g/mol. The summed E-state index contributed by atoms with van der Waals surface area (Å²) >= 11 is 9.41. The molecule has 0 radical (unpaired) electrons. The number of rotatable bonds is 2. The minimum absolute atomic E-state index is 0.0394. The molecule has 0 fully saturated rings. The van der Waals surface area contributed by atoms with Crippen LogP contribution in [0.2, 0.25) is 5.02 Å². The molecule has 0 spiro atoms. The molecule has 0 saturated carbocycles. The normalized spacial score (nSPS) is 10.8. The van der Waals surface area contributed by atoms with Crippen molar-refractivity contribution in [1.82, 2.24) is 10.1 Å². The van der Waals surface area contributed by atoms with Crippen LogP contribution in [0.15, 0.2) is 45.4 Å². The maximum Gasteiger partial charge on any atom is 0.262 e. The van der Waals surface area contributed by atoms with Crippen molar-refractivity contribution >= 4 is 27.5 Å². The van der Waals surface area contributed by atoms with Crippen LogP contribution in [0.5, 0.6) is 5.75 Å². The first kappa shape index (κ1) is 14.1. The molecule has 0 saturated heterocycles. The summed E-state index contributed by atoms with van der Waals surface area (Å²) in [6, 6.07) is 10.5. The maximum atomic E-state index is 9.86. The molecule has 0 atom stereocenters. The topological polar surface area (TPSA) is 59.2 Å². The van der Waals surface area contributed by atoms with Crippen molar-refractivity contribution in [1.29, 1.82) is 0 Å². The minimum Gasteiger partial charge on any atom is -0.507 e. The van der Waals surface area contributed by atoms with Crippen molar-refractivity contribution in [2.45, 2.75) is 6.92 Å². The standard InChI is InChI=1S/C15H10BrClN2O2/c1-8-2-4-10(12(16)6-8)14-18-15(21-19-14)11-7-9(17)3-5-13(11)20/h2-7,20H,1H3. The Hall–Kier alpha value is -1.85. The fraction of sp³-hybridized carbons (Fsp3) is 0.0667. The second kappa shape index (κ2) is 5.50. The highest BCUT2D eigenvalue weighted by atomic mass is 79.9. The van der Waals surface area contributed by atoms with E-state index < -0.39 is 0 Å². The smallest absolute Gasteiger partial charge is 0.262 e. The quantitative estimate of drug-likeness (QED) is 0.706. The Morgan fingerprint density at radius 1 is 1.14 bits per heavy atom. The molecule has 0 aliphatic carbocycles. The number of aryl methyl sites for hydroxylation is 1. The summed E-state index contributed by atoms with van der Waals surface area (Å²) in [7, 11) is 0. The zero-order chi connectivity index (χ0) is 15.0. The van der Waals surface area contributed by atoms with E-state index in [4.69, 9.17) is 16.1 Å². The van der Waals surface area contributed by atoms with Gasteiger partial charge >= 0.3 is 0 Å². The molecule has 0 bridgehead atoms. The van der Waals surface area contributed by atoms with Gasteiger partial charge in [0.25, 0.3) is 5.89 Å². The lowest BCUT2D eigenvalue weighted by Crippen LogP contribution is -1.84. The zero-order valence-electron chi connectivity index (χ0n) is 11.0. The van der Waals surface area contributed by atoms with Gasteiger partial charge in [-0.3, -0.25) is 0 Å². The van der Waals surface area contributed by atoms with Crippen LogP contribution in [0.25, 0.3) is 22.8 Å². The first-order valence-electron chi connectivity index (χ1n) is 6.14. The Morgan fingerprint density at radius 2 is 1.95 bits per heavy atom. The number of halogens is 2. The Morgan fingerprint density at radius 3 is 2.71 bits per heavy atom. The predicted molar refractivity (Wildman–Crippen MR) is 84.3 cm³/mol. The molecule has 0 amide bonds. The van der Waals surface area contributed by atoms with E-state index in [1.165, 1.54) is 6.07 Å². The molecule has 0 aliphatic rings. The van der Waals surface area contributed by atoms with Gasteiger partial charge in [0.15, 0.2) is 0 Å². The van der Waals surface area contributed by atoms with Crippen LogP contribution in [-0.2, 0) is 0 Å². The Bertz CT molecular complexity index is 817. The highest BCUT2D eigenvalue weighted by Crippen LogP contribution is 2.33. The van der Waals surface area contributed by atoms with E-state index >= 15 is 0 Å². The largest absolute Gasteiger partial charge is 0.507 e. The second-order valence-electron chi connectivity index (χ2n) is 4.57. The van der Waals surface area contributed by atoms with Crippen LogP contribution in [0.1, 0.15) is 5.56 Å². The number of phenols is 1. The van der Waals surface area contributed by atoms with Gasteiger partial charge in [-0.15, -0.1) is 0 Å². The van der Waals surface area contributed by atoms with Crippen molar-refractivity contribution < 1.29 is 9.63 Å². The lowest BCUT2D eigenvalue weighted by Gasteiger charge is -2.00. The van der Waals surface area contributed by atoms with Gasteiger partial charge in [-0.25, -0.2) is 0 Å². The molecule has 2 aromatic carbocycles. The van der Waals surface area contributed by atoms with Gasteiger partial charge < -0.3 is 9.63 Å². The minimum atomic E-state index is 0.0394. The van der Waals surface area contributed by atoms with E-state index in [1.54, 1.807) is 12.1 Å². The van der Waals surface area contributed by atoms with Gasteiger partial charge in [0.05, 0.1) is 5.56 Å². The molecule has 3 aromatic rings. The molecule has 21 heavy (non-hydrogen) atoms. The van der Waals surface area contributed by atoms with E-state index in [2.05, 4.69) is 26.1 Å². The van der Waals surface area contributed by atoms with Crippen LogP contribution in [0, 0.1) is 6.92 Å². The predicted octanol–water partition coefficient (Wildman–Crippen LogP) is 4.83. The molecule has 0 unspecified atom stereocenters. The maximum absolute atomic E-state index is 9.86. The van der Waals surface area contributed by atoms with Gasteiger partial charge in [-0.2, -0.15) is 4.98 Å². The van der Waals surface area contributed by atoms with Crippen LogP contribution in [-0.4, -0.2) is 15.2 Å². The number of benzene rings is 2. The second-order valence-corrected chi connectivity index (χ2v) is 5.86. The molecule has 1 heterocycles. The third-order valence-corrected chi connectivity index (χ3v) is 3.87. The summed E-state index contributed by atoms with van der Waals surface area (Å²) in [5.74, 6) is 0.700. The third kappa shape index (κ3) is 2.80. The van der Waals surface area contributed by atoms with Crippen LogP contribution in [0.3, 0.4) is 0 Å². The number of aromatic hydroxyl groups is 1. The van der Waals surface area contributed by atoms with E-state index in [9.17, 15) is 5.11 Å². The van der Waals surface area contributed by atoms with E-state index in [0.29, 0.717) is 16.4 Å². The van der Waals surface area contributed by atoms with Gasteiger partial charge in [0.2, 0.25) is 5.82 Å². The van der Waals surface area contributed by atoms with Crippen LogP contribution in [0.4, 0.5) is 0 Å². The molecule has 4 nitrogen and oxygen atoms in total. The Balaban J connectivity index is 2.06.